The van der Waals surface area contributed by atoms with Gasteiger partial charge >= 0.3 is 0 Å². The van der Waals surface area contributed by atoms with E-state index in [2.05, 4.69) is 0 Å². The minimum atomic E-state index is 0.734. The molecule has 0 bridgehead atoms. The van der Waals surface area contributed by atoms with Crippen molar-refractivity contribution in [1.29, 1.82) is 0 Å². The first-order valence-electron chi connectivity index (χ1n) is 3.13. The number of hydrogen-bond acceptors (Lipinski definition) is 2. The Hall–Kier alpha value is -1.05. The molecule has 2 nitrogen and oxygen atoms in total. The molecule has 0 radical (unpaired) electrons. The van der Waals surface area contributed by atoms with Crippen LogP contribution in [-0.2, 0) is 4.79 Å². The van der Waals surface area contributed by atoms with Crippen LogP contribution < -0.4 is 0 Å². The van der Waals surface area contributed by atoms with Crippen LogP contribution in [0.3, 0.4) is 0 Å². The van der Waals surface area contributed by atoms with Gasteiger partial charge in [0.05, 0.1) is 0 Å². The lowest BCUT2D eigenvalue weighted by atomic mass is 10.3. The SMILES string of the molecule is C/C(C=O)=C/C=C/N(C)C. The second-order valence-electron chi connectivity index (χ2n) is 2.33. The van der Waals surface area contributed by atoms with Crippen LogP contribution >= 0.6 is 0 Å². The Balaban J connectivity index is 3.81. The van der Waals surface area contributed by atoms with Crippen LogP contribution in [0.5, 0.6) is 0 Å². The van der Waals surface area contributed by atoms with E-state index in [1.165, 1.54) is 0 Å². The summed E-state index contributed by atoms with van der Waals surface area (Å²) in [6.45, 7) is 1.77. The molecule has 0 aliphatic heterocycles. The molecular formula is C8H13NO. The molecule has 0 unspecified atom stereocenters. The summed E-state index contributed by atoms with van der Waals surface area (Å²) in [7, 11) is 3.86. The predicted octanol–water partition coefficient (Wildman–Crippen LogP) is 1.21. The van der Waals surface area contributed by atoms with E-state index in [1.54, 1.807) is 13.0 Å². The van der Waals surface area contributed by atoms with Gasteiger partial charge in [-0.1, -0.05) is 6.08 Å². The van der Waals surface area contributed by atoms with Gasteiger partial charge in [0.15, 0.2) is 0 Å². The molecule has 10 heavy (non-hydrogen) atoms. The molecule has 0 aromatic heterocycles. The molecule has 0 N–H and O–H groups in total. The van der Waals surface area contributed by atoms with Crippen molar-refractivity contribution >= 4 is 6.29 Å². The van der Waals surface area contributed by atoms with E-state index >= 15 is 0 Å². The van der Waals surface area contributed by atoms with Crippen molar-refractivity contribution in [2.45, 2.75) is 6.92 Å². The van der Waals surface area contributed by atoms with Crippen LogP contribution in [-0.4, -0.2) is 25.3 Å². The topological polar surface area (TPSA) is 20.3 Å². The van der Waals surface area contributed by atoms with Gasteiger partial charge in [-0.2, -0.15) is 0 Å². The van der Waals surface area contributed by atoms with E-state index in [-0.39, 0.29) is 0 Å². The van der Waals surface area contributed by atoms with Crippen LogP contribution in [0, 0.1) is 0 Å². The van der Waals surface area contributed by atoms with Crippen molar-refractivity contribution in [2.24, 2.45) is 0 Å². The summed E-state index contributed by atoms with van der Waals surface area (Å²) in [5.41, 5.74) is 0.734. The van der Waals surface area contributed by atoms with Crippen molar-refractivity contribution in [3.8, 4) is 0 Å². The van der Waals surface area contributed by atoms with Gasteiger partial charge in [-0.15, -0.1) is 0 Å². The van der Waals surface area contributed by atoms with Crippen molar-refractivity contribution in [3.63, 3.8) is 0 Å². The highest BCUT2D eigenvalue weighted by molar-refractivity contribution is 5.72. The lowest BCUT2D eigenvalue weighted by Gasteiger charge is -2.00. The van der Waals surface area contributed by atoms with Crippen LogP contribution in [0.15, 0.2) is 23.9 Å². The first kappa shape index (κ1) is 8.95. The highest BCUT2D eigenvalue weighted by Crippen LogP contribution is 1.87. The molecule has 56 valence electrons. The van der Waals surface area contributed by atoms with E-state index < -0.39 is 0 Å². The third-order valence-corrected chi connectivity index (χ3v) is 0.929. The third kappa shape index (κ3) is 5.09. The summed E-state index contributed by atoms with van der Waals surface area (Å²) in [4.78, 5) is 12.0. The predicted molar refractivity (Wildman–Crippen MR) is 42.6 cm³/mol. The lowest BCUT2D eigenvalue weighted by molar-refractivity contribution is -0.104. The molecular weight excluding hydrogens is 126 g/mol. The van der Waals surface area contributed by atoms with Crippen molar-refractivity contribution in [3.05, 3.63) is 23.9 Å². The minimum Gasteiger partial charge on any atom is -0.383 e. The number of nitrogens with zero attached hydrogens (tertiary/aromatic N) is 1. The molecule has 0 heterocycles. The summed E-state index contributed by atoms with van der Waals surface area (Å²) in [6.07, 6.45) is 6.32. The smallest absolute Gasteiger partial charge is 0.145 e. The molecule has 0 amide bonds. The minimum absolute atomic E-state index is 0.734. The standard InChI is InChI=1S/C8H13NO/c1-8(7-10)5-4-6-9(2)3/h4-7H,1-3H3/b6-4+,8-5-. The molecule has 0 rings (SSSR count). The average molecular weight is 139 g/mol. The Morgan fingerprint density at radius 3 is 2.40 bits per heavy atom. The summed E-state index contributed by atoms with van der Waals surface area (Å²) < 4.78 is 0. The Labute approximate surface area is 61.8 Å². The Morgan fingerprint density at radius 2 is 2.00 bits per heavy atom. The zero-order chi connectivity index (χ0) is 7.98. The fraction of sp³-hybridized carbons (Fsp3) is 0.375. The van der Waals surface area contributed by atoms with Crippen LogP contribution in [0.25, 0.3) is 0 Å². The lowest BCUT2D eigenvalue weighted by Crippen LogP contribution is -1.99. The van der Waals surface area contributed by atoms with Crippen LogP contribution in [0.2, 0.25) is 0 Å². The number of allylic oxidation sites excluding steroid dienone is 3. The molecule has 0 aliphatic carbocycles. The number of carbonyl (C=O) groups excluding carboxylic acids is 1. The third-order valence-electron chi connectivity index (χ3n) is 0.929. The normalized spacial score (nSPS) is 12.1. The maximum atomic E-state index is 10.1. The molecule has 0 saturated heterocycles. The molecule has 0 aliphatic rings. The second kappa shape index (κ2) is 4.79. The van der Waals surface area contributed by atoms with Gasteiger partial charge in [0, 0.05) is 14.1 Å². The van der Waals surface area contributed by atoms with E-state index in [9.17, 15) is 4.79 Å². The summed E-state index contributed by atoms with van der Waals surface area (Å²) in [6, 6.07) is 0. The quantitative estimate of drug-likeness (QED) is 0.333. The number of hydrogen-bond donors (Lipinski definition) is 0. The number of aldehydes is 1. The van der Waals surface area contributed by atoms with E-state index in [1.807, 2.05) is 31.3 Å². The molecule has 0 saturated carbocycles. The average Bonchev–Trinajstić information content (AvgIpc) is 1.87. The van der Waals surface area contributed by atoms with E-state index in [0.717, 1.165) is 11.9 Å². The highest BCUT2D eigenvalue weighted by atomic mass is 16.1. The molecule has 0 spiro atoms. The van der Waals surface area contributed by atoms with Gasteiger partial charge in [0.1, 0.15) is 6.29 Å². The Bertz CT molecular complexity index is 157. The fourth-order valence-electron chi connectivity index (χ4n) is 0.406. The van der Waals surface area contributed by atoms with Gasteiger partial charge in [-0.3, -0.25) is 4.79 Å². The maximum absolute atomic E-state index is 10.1. The van der Waals surface area contributed by atoms with Crippen molar-refractivity contribution in [2.75, 3.05) is 14.1 Å². The molecule has 0 fully saturated rings. The van der Waals surface area contributed by atoms with Crippen molar-refractivity contribution in [1.82, 2.24) is 4.90 Å². The van der Waals surface area contributed by atoms with Gasteiger partial charge in [-0.05, 0) is 24.8 Å². The molecule has 0 aromatic rings. The largest absolute Gasteiger partial charge is 0.383 e. The number of rotatable bonds is 3. The van der Waals surface area contributed by atoms with Gasteiger partial charge in [0.25, 0.3) is 0 Å². The van der Waals surface area contributed by atoms with E-state index in [0.29, 0.717) is 0 Å². The number of carbonyl (C=O) groups is 1. The molecule has 0 atom stereocenters. The van der Waals surface area contributed by atoms with Gasteiger partial charge in [-0.25, -0.2) is 0 Å². The van der Waals surface area contributed by atoms with E-state index in [4.69, 9.17) is 0 Å². The first-order chi connectivity index (χ1) is 4.66. The van der Waals surface area contributed by atoms with Crippen LogP contribution in [0.4, 0.5) is 0 Å². The summed E-state index contributed by atoms with van der Waals surface area (Å²) in [5, 5.41) is 0. The Morgan fingerprint density at radius 1 is 1.40 bits per heavy atom. The van der Waals surface area contributed by atoms with Gasteiger partial charge < -0.3 is 4.90 Å². The second-order valence-corrected chi connectivity index (χ2v) is 2.33. The summed E-state index contributed by atoms with van der Waals surface area (Å²) >= 11 is 0. The maximum Gasteiger partial charge on any atom is 0.145 e. The highest BCUT2D eigenvalue weighted by Gasteiger charge is 1.78. The Kier molecular flexibility index (Phi) is 4.29. The van der Waals surface area contributed by atoms with Crippen molar-refractivity contribution < 1.29 is 4.79 Å². The van der Waals surface area contributed by atoms with Crippen LogP contribution in [0.1, 0.15) is 6.92 Å². The monoisotopic (exact) mass is 139 g/mol. The van der Waals surface area contributed by atoms with Gasteiger partial charge in [0.2, 0.25) is 0 Å². The fourth-order valence-corrected chi connectivity index (χ4v) is 0.406. The zero-order valence-corrected chi connectivity index (χ0v) is 6.66. The summed E-state index contributed by atoms with van der Waals surface area (Å²) in [5.74, 6) is 0. The molecule has 2 heteroatoms. The zero-order valence-electron chi connectivity index (χ0n) is 6.66. The first-order valence-corrected chi connectivity index (χ1v) is 3.13. The molecule has 0 aromatic carbocycles.